The highest BCUT2D eigenvalue weighted by molar-refractivity contribution is 5.95. The molecule has 0 unspecified atom stereocenters. The molecule has 0 bridgehead atoms. The number of ether oxygens (including phenoxy) is 2. The molecule has 0 aromatic heterocycles. The fourth-order valence-electron chi connectivity index (χ4n) is 5.19. The first-order valence-corrected chi connectivity index (χ1v) is 14.1. The Balaban J connectivity index is 1.09. The minimum atomic E-state index is -0.285. The lowest BCUT2D eigenvalue weighted by Crippen LogP contribution is -2.30. The van der Waals surface area contributed by atoms with Crippen LogP contribution in [0.4, 0.5) is 0 Å². The molecular formula is C36H32O6. The van der Waals surface area contributed by atoms with E-state index in [2.05, 4.69) is 0 Å². The number of hydrogen-bond donors (Lipinski definition) is 0. The summed E-state index contributed by atoms with van der Waals surface area (Å²) >= 11 is 0. The van der Waals surface area contributed by atoms with E-state index in [0.29, 0.717) is 48.3 Å². The van der Waals surface area contributed by atoms with Gasteiger partial charge in [0.15, 0.2) is 11.6 Å². The van der Waals surface area contributed by atoms with Crippen LogP contribution < -0.4 is 9.47 Å². The second-order valence-electron chi connectivity index (χ2n) is 10.7. The van der Waals surface area contributed by atoms with Crippen LogP contribution in [-0.2, 0) is 9.59 Å². The summed E-state index contributed by atoms with van der Waals surface area (Å²) in [5, 5.41) is 0. The maximum absolute atomic E-state index is 12.8. The molecule has 1 aliphatic rings. The van der Waals surface area contributed by atoms with Crippen molar-refractivity contribution >= 4 is 23.5 Å². The van der Waals surface area contributed by atoms with E-state index in [9.17, 15) is 19.2 Å². The van der Waals surface area contributed by atoms with E-state index in [1.807, 2.05) is 48.5 Å². The molecule has 0 radical (unpaired) electrons. The number of rotatable bonds is 8. The lowest BCUT2D eigenvalue weighted by Gasteiger charge is -2.25. The molecule has 4 aromatic rings. The molecule has 0 N–H and O–H groups in total. The summed E-state index contributed by atoms with van der Waals surface area (Å²) in [4.78, 5) is 48.6. The lowest BCUT2D eigenvalue weighted by molar-refractivity contribution is -0.145. The molecule has 0 amide bonds. The van der Waals surface area contributed by atoms with E-state index in [0.717, 1.165) is 22.3 Å². The van der Waals surface area contributed by atoms with Crippen molar-refractivity contribution in [2.45, 2.75) is 39.5 Å². The third kappa shape index (κ3) is 6.89. The zero-order chi connectivity index (χ0) is 29.6. The predicted molar refractivity (Wildman–Crippen MR) is 160 cm³/mol. The number of ketones is 2. The number of carbonyl (C=O) groups is 4. The van der Waals surface area contributed by atoms with Gasteiger partial charge in [-0.05, 0) is 86.1 Å². The molecule has 0 atom stereocenters. The number of carbonyl (C=O) groups excluding carboxylic acids is 4. The smallest absolute Gasteiger partial charge is 0.314 e. The lowest BCUT2D eigenvalue weighted by atomic mass is 9.82. The third-order valence-corrected chi connectivity index (χ3v) is 7.79. The molecule has 0 saturated heterocycles. The minimum Gasteiger partial charge on any atom is -0.426 e. The minimum absolute atomic E-state index is 0.0238. The summed E-state index contributed by atoms with van der Waals surface area (Å²) in [6.45, 7) is 3.08. The van der Waals surface area contributed by atoms with Crippen LogP contribution in [-0.4, -0.2) is 23.5 Å². The summed E-state index contributed by atoms with van der Waals surface area (Å²) < 4.78 is 11.3. The molecule has 0 heterocycles. The molecule has 212 valence electrons. The second kappa shape index (κ2) is 12.8. The highest BCUT2D eigenvalue weighted by Crippen LogP contribution is 2.32. The Bertz CT molecular complexity index is 1450. The van der Waals surface area contributed by atoms with Crippen LogP contribution in [0.1, 0.15) is 60.2 Å². The molecular weight excluding hydrogens is 528 g/mol. The van der Waals surface area contributed by atoms with Gasteiger partial charge in [-0.1, -0.05) is 72.8 Å². The average Bonchev–Trinajstić information content (AvgIpc) is 3.02. The zero-order valence-corrected chi connectivity index (χ0v) is 23.7. The van der Waals surface area contributed by atoms with E-state index in [1.165, 1.54) is 13.8 Å². The van der Waals surface area contributed by atoms with Crippen molar-refractivity contribution in [1.82, 2.24) is 0 Å². The molecule has 1 fully saturated rings. The van der Waals surface area contributed by atoms with Gasteiger partial charge in [-0.25, -0.2) is 0 Å². The number of esters is 2. The van der Waals surface area contributed by atoms with Crippen LogP contribution in [0.2, 0.25) is 0 Å². The largest absolute Gasteiger partial charge is 0.426 e. The molecule has 5 rings (SSSR count). The molecule has 6 heteroatoms. The van der Waals surface area contributed by atoms with Crippen molar-refractivity contribution in [1.29, 1.82) is 0 Å². The topological polar surface area (TPSA) is 86.7 Å². The summed E-state index contributed by atoms with van der Waals surface area (Å²) in [5.41, 5.74) is 5.19. The van der Waals surface area contributed by atoms with Crippen LogP contribution in [0, 0.1) is 11.8 Å². The van der Waals surface area contributed by atoms with E-state index in [1.54, 1.807) is 48.5 Å². The van der Waals surface area contributed by atoms with Gasteiger partial charge < -0.3 is 9.47 Å². The van der Waals surface area contributed by atoms with Gasteiger partial charge in [0.2, 0.25) is 0 Å². The Kier molecular flexibility index (Phi) is 8.72. The number of Topliss-reactive ketones (excluding diaryl/α,β-unsaturated/α-hetero) is 2. The molecule has 1 aliphatic carbocycles. The summed E-state index contributed by atoms with van der Waals surface area (Å²) in [5.74, 6) is -0.0955. The van der Waals surface area contributed by atoms with Crippen molar-refractivity contribution in [3.63, 3.8) is 0 Å². The summed E-state index contributed by atoms with van der Waals surface area (Å²) in [6, 6.07) is 29.4. The average molecular weight is 561 g/mol. The van der Waals surface area contributed by atoms with Crippen molar-refractivity contribution in [3.05, 3.63) is 108 Å². The molecule has 4 aromatic carbocycles. The van der Waals surface area contributed by atoms with Crippen molar-refractivity contribution in [2.24, 2.45) is 11.8 Å². The molecule has 42 heavy (non-hydrogen) atoms. The zero-order valence-electron chi connectivity index (χ0n) is 23.7. The number of hydrogen-bond acceptors (Lipinski definition) is 6. The van der Waals surface area contributed by atoms with Crippen molar-refractivity contribution in [2.75, 3.05) is 0 Å². The standard InChI is InChI=1S/C36H32O6/c1-23(37)25-3-7-27(8-4-25)29-15-19-33(20-16-29)41-35(39)31-11-13-32(14-12-31)36(40)42-34-21-17-30(18-22-34)28-9-5-26(6-10-28)24(2)38/h3-10,15-22,31-32H,11-14H2,1-2H3. The Morgan fingerprint density at radius 3 is 0.976 bits per heavy atom. The Morgan fingerprint density at radius 1 is 0.452 bits per heavy atom. The van der Waals surface area contributed by atoms with Crippen LogP contribution in [0.15, 0.2) is 97.1 Å². The van der Waals surface area contributed by atoms with E-state index in [4.69, 9.17) is 9.47 Å². The van der Waals surface area contributed by atoms with Crippen molar-refractivity contribution < 1.29 is 28.7 Å². The van der Waals surface area contributed by atoms with E-state index >= 15 is 0 Å². The maximum Gasteiger partial charge on any atom is 0.314 e. The van der Waals surface area contributed by atoms with Gasteiger partial charge in [-0.3, -0.25) is 19.2 Å². The predicted octanol–water partition coefficient (Wildman–Crippen LogP) is 7.74. The third-order valence-electron chi connectivity index (χ3n) is 7.79. The Morgan fingerprint density at radius 2 is 0.714 bits per heavy atom. The Labute approximate surface area is 245 Å². The normalized spacial score (nSPS) is 16.3. The van der Waals surface area contributed by atoms with Gasteiger partial charge in [0.1, 0.15) is 11.5 Å². The highest BCUT2D eigenvalue weighted by atomic mass is 16.5. The van der Waals surface area contributed by atoms with Gasteiger partial charge in [0.25, 0.3) is 0 Å². The number of benzene rings is 4. The fourth-order valence-corrected chi connectivity index (χ4v) is 5.19. The quantitative estimate of drug-likeness (QED) is 0.124. The van der Waals surface area contributed by atoms with Gasteiger partial charge >= 0.3 is 11.9 Å². The summed E-state index contributed by atoms with van der Waals surface area (Å²) in [6.07, 6.45) is 2.26. The highest BCUT2D eigenvalue weighted by Gasteiger charge is 2.32. The van der Waals surface area contributed by atoms with Gasteiger partial charge in [0.05, 0.1) is 11.8 Å². The summed E-state index contributed by atoms with van der Waals surface area (Å²) in [7, 11) is 0. The SMILES string of the molecule is CC(=O)c1ccc(-c2ccc(OC(=O)C3CCC(C(=O)Oc4ccc(-c5ccc(C(C)=O)cc5)cc4)CC3)cc2)cc1. The van der Waals surface area contributed by atoms with Crippen LogP contribution >= 0.6 is 0 Å². The van der Waals surface area contributed by atoms with Crippen LogP contribution in [0.25, 0.3) is 22.3 Å². The first kappa shape index (κ1) is 28.7. The first-order chi connectivity index (χ1) is 20.3. The molecule has 1 saturated carbocycles. The first-order valence-electron chi connectivity index (χ1n) is 14.1. The van der Waals surface area contributed by atoms with Gasteiger partial charge in [0, 0.05) is 11.1 Å². The monoisotopic (exact) mass is 560 g/mol. The molecule has 0 spiro atoms. The van der Waals surface area contributed by atoms with Crippen molar-refractivity contribution in [3.8, 4) is 33.8 Å². The van der Waals surface area contributed by atoms with Gasteiger partial charge in [-0.15, -0.1) is 0 Å². The maximum atomic E-state index is 12.8. The Hall–Kier alpha value is -4.84. The van der Waals surface area contributed by atoms with Crippen LogP contribution in [0.3, 0.4) is 0 Å². The molecule has 6 nitrogen and oxygen atoms in total. The van der Waals surface area contributed by atoms with Gasteiger partial charge in [-0.2, -0.15) is 0 Å². The van der Waals surface area contributed by atoms with E-state index < -0.39 is 0 Å². The second-order valence-corrected chi connectivity index (χ2v) is 10.7. The van der Waals surface area contributed by atoms with Crippen LogP contribution in [0.5, 0.6) is 11.5 Å². The molecule has 0 aliphatic heterocycles. The van der Waals surface area contributed by atoms with E-state index in [-0.39, 0.29) is 35.3 Å². The fraction of sp³-hybridized carbons (Fsp3) is 0.222.